The van der Waals surface area contributed by atoms with Gasteiger partial charge in [-0.05, 0) is 73.9 Å². The van der Waals surface area contributed by atoms with Crippen LogP contribution in [0.25, 0.3) is 0 Å². The van der Waals surface area contributed by atoms with Crippen molar-refractivity contribution in [2.75, 3.05) is 31.1 Å². The van der Waals surface area contributed by atoms with Crippen LogP contribution >= 0.6 is 15.9 Å². The Morgan fingerprint density at radius 2 is 1.73 bits per heavy atom. The van der Waals surface area contributed by atoms with Crippen LogP contribution in [0.1, 0.15) is 61.7 Å². The highest BCUT2D eigenvalue weighted by molar-refractivity contribution is 9.10. The fourth-order valence-electron chi connectivity index (χ4n) is 5.39. The lowest BCUT2D eigenvalue weighted by Crippen LogP contribution is -2.43. The predicted molar refractivity (Wildman–Crippen MR) is 144 cm³/mol. The summed E-state index contributed by atoms with van der Waals surface area (Å²) < 4.78 is 11.6. The summed E-state index contributed by atoms with van der Waals surface area (Å²) in [6.45, 7) is 10.4. The Kier molecular flexibility index (Phi) is 8.43. The number of likely N-dealkylation sites (tertiary alicyclic amines) is 1. The lowest BCUT2D eigenvalue weighted by molar-refractivity contribution is -0.157. The van der Waals surface area contributed by atoms with Crippen LogP contribution in [0.5, 0.6) is 0 Å². The zero-order valence-electron chi connectivity index (χ0n) is 22.0. The van der Waals surface area contributed by atoms with E-state index in [1.807, 2.05) is 49.1 Å². The summed E-state index contributed by atoms with van der Waals surface area (Å²) in [5, 5.41) is 11.0. The Labute approximate surface area is 227 Å². The average Bonchev–Trinajstić information content (AvgIpc) is 3.28. The monoisotopic (exact) mass is 573 g/mol. The molecule has 1 N–H and O–H groups in total. The number of hydrogen-bond acceptors (Lipinski definition) is 7. The molecule has 4 rings (SSSR count). The molecule has 2 fully saturated rings. The molecule has 0 aliphatic carbocycles. The van der Waals surface area contributed by atoms with Crippen molar-refractivity contribution in [1.82, 2.24) is 9.88 Å². The molecule has 0 saturated carbocycles. The number of pyridine rings is 1. The lowest BCUT2D eigenvalue weighted by Gasteiger charge is -2.41. The number of carbonyl (C=O) groups is 2. The number of aliphatic hydroxyl groups is 1. The summed E-state index contributed by atoms with van der Waals surface area (Å²) in [5.41, 5.74) is 3.71. The topological polar surface area (TPSA) is 92.2 Å². The molecule has 1 amide bonds. The van der Waals surface area contributed by atoms with Crippen molar-refractivity contribution in [3.05, 3.63) is 57.3 Å². The lowest BCUT2D eigenvalue weighted by atomic mass is 9.77. The van der Waals surface area contributed by atoms with Gasteiger partial charge in [0, 0.05) is 37.4 Å². The average molecular weight is 575 g/mol. The van der Waals surface area contributed by atoms with Gasteiger partial charge in [0.2, 0.25) is 0 Å². The fourth-order valence-corrected chi connectivity index (χ4v) is 5.94. The molecular weight excluding hydrogens is 538 g/mol. The summed E-state index contributed by atoms with van der Waals surface area (Å²) in [4.78, 5) is 33.9. The number of piperidine rings is 1. The van der Waals surface area contributed by atoms with Crippen molar-refractivity contribution in [2.24, 2.45) is 5.41 Å². The van der Waals surface area contributed by atoms with E-state index in [2.05, 4.69) is 25.8 Å². The standard InChI is InChI=1S/C28H36BrN3O5/c1-18(2)37-26(34)25(33)22-19(3)30-20(4)23(29)24(22)31-13-10-28(11-14-31)12-15-32(17-28)27(35)36-16-21-8-6-5-7-9-21/h5-9,18,25,33H,10-17H2,1-4H3/t25-/m0/s1. The van der Waals surface area contributed by atoms with Gasteiger partial charge in [0.25, 0.3) is 0 Å². The van der Waals surface area contributed by atoms with Crippen molar-refractivity contribution in [1.29, 1.82) is 0 Å². The van der Waals surface area contributed by atoms with E-state index in [1.165, 1.54) is 0 Å². The number of hydrogen-bond donors (Lipinski definition) is 1. The summed E-state index contributed by atoms with van der Waals surface area (Å²) >= 11 is 3.67. The SMILES string of the molecule is Cc1nc(C)c([C@H](O)C(=O)OC(C)C)c(N2CCC3(CCN(C(=O)OCc4ccccc4)C3)CC2)c1Br. The predicted octanol–water partition coefficient (Wildman–Crippen LogP) is 5.08. The number of halogens is 1. The molecule has 200 valence electrons. The van der Waals surface area contributed by atoms with Gasteiger partial charge in [0.1, 0.15) is 6.61 Å². The minimum Gasteiger partial charge on any atom is -0.461 e. The zero-order chi connectivity index (χ0) is 26.7. The molecule has 8 nitrogen and oxygen atoms in total. The van der Waals surface area contributed by atoms with Crippen molar-refractivity contribution in [3.8, 4) is 0 Å². The summed E-state index contributed by atoms with van der Waals surface area (Å²) in [7, 11) is 0. The van der Waals surface area contributed by atoms with Gasteiger partial charge >= 0.3 is 12.1 Å². The zero-order valence-corrected chi connectivity index (χ0v) is 23.6. The molecule has 9 heteroatoms. The molecule has 0 bridgehead atoms. The largest absolute Gasteiger partial charge is 0.461 e. The van der Waals surface area contributed by atoms with Crippen LogP contribution in [-0.4, -0.2) is 59.3 Å². The third-order valence-electron chi connectivity index (χ3n) is 7.40. The van der Waals surface area contributed by atoms with E-state index in [4.69, 9.17) is 9.47 Å². The highest BCUT2D eigenvalue weighted by Crippen LogP contribution is 2.45. The van der Waals surface area contributed by atoms with E-state index in [0.29, 0.717) is 24.3 Å². The molecule has 0 radical (unpaired) electrons. The first-order valence-electron chi connectivity index (χ1n) is 12.9. The third kappa shape index (κ3) is 6.09. The maximum absolute atomic E-state index is 12.7. The molecule has 1 atom stereocenters. The Bertz CT molecular complexity index is 1130. The number of benzene rings is 1. The number of rotatable bonds is 6. The van der Waals surface area contributed by atoms with Gasteiger partial charge in [-0.15, -0.1) is 0 Å². The van der Waals surface area contributed by atoms with Gasteiger partial charge in [-0.2, -0.15) is 0 Å². The number of aliphatic hydroxyl groups excluding tert-OH is 1. The number of aromatic nitrogens is 1. The molecule has 3 heterocycles. The van der Waals surface area contributed by atoms with E-state index in [1.54, 1.807) is 13.8 Å². The number of nitrogens with zero attached hydrogens (tertiary/aromatic N) is 3. The van der Waals surface area contributed by atoms with Crippen molar-refractivity contribution in [2.45, 2.75) is 65.8 Å². The Morgan fingerprint density at radius 1 is 1.08 bits per heavy atom. The van der Waals surface area contributed by atoms with Gasteiger partial charge in [-0.1, -0.05) is 30.3 Å². The second-order valence-corrected chi connectivity index (χ2v) is 11.2. The van der Waals surface area contributed by atoms with Crippen LogP contribution < -0.4 is 4.90 Å². The molecular formula is C28H36BrN3O5. The van der Waals surface area contributed by atoms with E-state index < -0.39 is 12.1 Å². The van der Waals surface area contributed by atoms with Gasteiger partial charge in [0.15, 0.2) is 6.10 Å². The van der Waals surface area contributed by atoms with E-state index >= 15 is 0 Å². The van der Waals surface area contributed by atoms with E-state index in [9.17, 15) is 14.7 Å². The van der Waals surface area contributed by atoms with Crippen LogP contribution in [0.15, 0.2) is 34.8 Å². The first-order chi connectivity index (χ1) is 17.6. The molecule has 2 aliphatic rings. The van der Waals surface area contributed by atoms with Gasteiger partial charge in [-0.3, -0.25) is 4.98 Å². The minimum absolute atomic E-state index is 0.0429. The number of esters is 1. The summed E-state index contributed by atoms with van der Waals surface area (Å²) in [6, 6.07) is 9.70. The number of aryl methyl sites for hydroxylation is 2. The fraction of sp³-hybridized carbons (Fsp3) is 0.536. The van der Waals surface area contributed by atoms with Crippen LogP contribution in [0.3, 0.4) is 0 Å². The second-order valence-electron chi connectivity index (χ2n) is 10.4. The Balaban J connectivity index is 1.44. The molecule has 37 heavy (non-hydrogen) atoms. The Morgan fingerprint density at radius 3 is 2.38 bits per heavy atom. The first kappa shape index (κ1) is 27.4. The van der Waals surface area contributed by atoms with Crippen LogP contribution in [-0.2, 0) is 20.9 Å². The highest BCUT2D eigenvalue weighted by atomic mass is 79.9. The smallest absolute Gasteiger partial charge is 0.410 e. The van der Waals surface area contributed by atoms with E-state index in [-0.39, 0.29) is 24.2 Å². The maximum Gasteiger partial charge on any atom is 0.410 e. The molecule has 0 unspecified atom stereocenters. The maximum atomic E-state index is 12.7. The molecule has 1 spiro atoms. The minimum atomic E-state index is -1.42. The number of ether oxygens (including phenoxy) is 2. The van der Waals surface area contributed by atoms with E-state index in [0.717, 1.165) is 53.8 Å². The number of carbonyl (C=O) groups excluding carboxylic acids is 2. The summed E-state index contributed by atoms with van der Waals surface area (Å²) in [6.07, 6.45) is 0.724. The Hall–Kier alpha value is -2.65. The normalized spacial score (nSPS) is 17.8. The van der Waals surface area contributed by atoms with Crippen molar-refractivity contribution in [3.63, 3.8) is 0 Å². The van der Waals surface area contributed by atoms with Gasteiger partial charge < -0.3 is 24.4 Å². The second kappa shape index (κ2) is 11.4. The van der Waals surface area contributed by atoms with Gasteiger partial charge in [-0.25, -0.2) is 9.59 Å². The first-order valence-corrected chi connectivity index (χ1v) is 13.7. The van der Waals surface area contributed by atoms with Crippen molar-refractivity contribution < 1.29 is 24.2 Å². The van der Waals surface area contributed by atoms with Crippen LogP contribution in [0.2, 0.25) is 0 Å². The van der Waals surface area contributed by atoms with Gasteiger partial charge in [0.05, 0.1) is 22.0 Å². The van der Waals surface area contributed by atoms with Crippen LogP contribution in [0.4, 0.5) is 10.5 Å². The molecule has 1 aromatic heterocycles. The number of amides is 1. The van der Waals surface area contributed by atoms with Crippen LogP contribution in [0, 0.1) is 19.3 Å². The molecule has 2 saturated heterocycles. The summed E-state index contributed by atoms with van der Waals surface area (Å²) in [5.74, 6) is -0.675. The molecule has 2 aliphatic heterocycles. The highest BCUT2D eigenvalue weighted by Gasteiger charge is 2.43. The molecule has 1 aromatic carbocycles. The third-order valence-corrected chi connectivity index (χ3v) is 8.35. The molecule has 2 aromatic rings. The number of anilines is 1. The quantitative estimate of drug-likeness (QED) is 0.482. The van der Waals surface area contributed by atoms with Crippen molar-refractivity contribution >= 4 is 33.7 Å².